The summed E-state index contributed by atoms with van der Waals surface area (Å²) < 4.78 is 30.4. The molecule has 300 valence electrons. The molecule has 0 aromatic rings. The zero-order chi connectivity index (χ0) is 39.1. The molecule has 0 amide bonds. The molecule has 9 nitrogen and oxygen atoms in total. The predicted octanol–water partition coefficient (Wildman–Crippen LogP) is 9.63. The molecule has 0 unspecified atom stereocenters. The van der Waals surface area contributed by atoms with Gasteiger partial charge in [-0.25, -0.2) is 9.34 Å². The van der Waals surface area contributed by atoms with E-state index in [9.17, 15) is 9.90 Å². The lowest BCUT2D eigenvalue weighted by Gasteiger charge is -2.45. The molecule has 0 aliphatic carbocycles. The number of hydrogen-bond acceptors (Lipinski definition) is 10. The zero-order valence-electron chi connectivity index (χ0n) is 35.8. The summed E-state index contributed by atoms with van der Waals surface area (Å²) in [6.07, 6.45) is 3.24. The van der Waals surface area contributed by atoms with Crippen LogP contribution in [0, 0.1) is 0 Å². The lowest BCUT2D eigenvalue weighted by Crippen LogP contribution is -2.60. The number of nitrogens with zero attached hydrogens (tertiary/aromatic N) is 2. The van der Waals surface area contributed by atoms with Crippen LogP contribution in [0.3, 0.4) is 0 Å². The van der Waals surface area contributed by atoms with Gasteiger partial charge in [0.15, 0.2) is 37.0 Å². The maximum absolute atomic E-state index is 12.6. The van der Waals surface area contributed by atoms with E-state index in [-0.39, 0.29) is 28.6 Å². The summed E-state index contributed by atoms with van der Waals surface area (Å²) in [5.74, 6) is 0.624. The van der Waals surface area contributed by atoms with E-state index in [1.165, 1.54) is 11.8 Å². The molecule has 50 heavy (non-hydrogen) atoms. The van der Waals surface area contributed by atoms with E-state index in [4.69, 9.17) is 18.1 Å². The minimum absolute atomic E-state index is 0.0540. The van der Waals surface area contributed by atoms with Crippen molar-refractivity contribution in [3.05, 3.63) is 0 Å². The number of ether oxygens (including phenoxy) is 1. The molecule has 0 fully saturated rings. The minimum Gasteiger partial charge on any atom is -0.415 e. The fraction of sp³-hybridized carbons (Fsp3) is 0.973. The molecule has 0 heterocycles. The quantitative estimate of drug-likeness (QED) is 0.0383. The largest absolute Gasteiger partial charge is 0.415 e. The Kier molecular flexibility index (Phi) is 23.1. The van der Waals surface area contributed by atoms with Crippen LogP contribution in [0.2, 0.25) is 36.3 Å². The van der Waals surface area contributed by atoms with Gasteiger partial charge >= 0.3 is 0 Å². The van der Waals surface area contributed by atoms with Crippen molar-refractivity contribution < 1.29 is 28.0 Å². The second-order valence-corrected chi connectivity index (χ2v) is 30.5. The number of rotatable bonds is 26. The molecule has 0 radical (unpaired) electrons. The number of nitrogens with one attached hydrogen (secondary N) is 1. The highest BCUT2D eigenvalue weighted by atomic mass is 32.2. The molecule has 2 N–H and O–H groups in total. The first-order chi connectivity index (χ1) is 22.7. The summed E-state index contributed by atoms with van der Waals surface area (Å²) in [5, 5.41) is 14.7. The smallest absolute Gasteiger partial charge is 0.192 e. The summed E-state index contributed by atoms with van der Waals surface area (Å²) in [5.41, 5.74) is -0.661. The van der Waals surface area contributed by atoms with Crippen molar-refractivity contribution in [3.63, 3.8) is 0 Å². The van der Waals surface area contributed by atoms with Gasteiger partial charge in [0.05, 0.1) is 32.0 Å². The van der Waals surface area contributed by atoms with Gasteiger partial charge in [-0.15, -0.1) is 0 Å². The number of carbonyl (C=O) groups excluding carboxylic acids is 1. The van der Waals surface area contributed by atoms with Crippen LogP contribution in [-0.2, 0) is 22.9 Å². The highest BCUT2D eigenvalue weighted by Crippen LogP contribution is 2.50. The molecule has 0 aromatic heterocycles. The van der Waals surface area contributed by atoms with Crippen LogP contribution >= 0.6 is 20.2 Å². The number of carbonyl (C=O) groups is 1. The fourth-order valence-electron chi connectivity index (χ4n) is 4.95. The molecule has 13 heteroatoms. The van der Waals surface area contributed by atoms with E-state index in [0.717, 1.165) is 25.8 Å². The van der Waals surface area contributed by atoms with Crippen molar-refractivity contribution in [3.8, 4) is 0 Å². The van der Waals surface area contributed by atoms with Gasteiger partial charge in [0.1, 0.15) is 0 Å². The van der Waals surface area contributed by atoms with Gasteiger partial charge in [-0.05, 0) is 111 Å². The Morgan fingerprint density at radius 3 is 1.58 bits per heavy atom. The molecular formula is C37H82N3O6PSSi2. The topological polar surface area (TPSA) is 92.7 Å². The van der Waals surface area contributed by atoms with Crippen molar-refractivity contribution in [1.29, 1.82) is 0 Å². The summed E-state index contributed by atoms with van der Waals surface area (Å²) in [6, 6.07) is 1.41. The van der Waals surface area contributed by atoms with Gasteiger partial charge < -0.3 is 28.5 Å². The van der Waals surface area contributed by atoms with Gasteiger partial charge in [-0.2, -0.15) is 0 Å². The van der Waals surface area contributed by atoms with Crippen LogP contribution < -0.4 is 5.32 Å². The number of thioether (sulfide) groups is 1. The highest BCUT2D eigenvalue weighted by Gasteiger charge is 2.43. The number of hydrogen-bond donors (Lipinski definition) is 2. The van der Waals surface area contributed by atoms with Crippen LogP contribution in [0.5, 0.6) is 0 Å². The molecule has 0 rings (SSSR count). The summed E-state index contributed by atoms with van der Waals surface area (Å²) >= 11 is 1.35. The Hall–Kier alpha value is 0.564. The third-order valence-electron chi connectivity index (χ3n) is 10.1. The van der Waals surface area contributed by atoms with Crippen molar-refractivity contribution in [1.82, 2.24) is 14.7 Å². The van der Waals surface area contributed by atoms with E-state index < -0.39 is 30.6 Å². The third kappa shape index (κ3) is 17.8. The predicted molar refractivity (Wildman–Crippen MR) is 223 cm³/mol. The number of aliphatic hydroxyl groups excluding tert-OH is 1. The van der Waals surface area contributed by atoms with E-state index in [0.29, 0.717) is 56.2 Å². The van der Waals surface area contributed by atoms with Gasteiger partial charge in [0.2, 0.25) is 0 Å². The van der Waals surface area contributed by atoms with Gasteiger partial charge in [-0.1, -0.05) is 59.7 Å². The van der Waals surface area contributed by atoms with Crippen molar-refractivity contribution in [2.24, 2.45) is 0 Å². The number of aliphatic hydroxyl groups is 1. The Morgan fingerprint density at radius 2 is 1.20 bits per heavy atom. The van der Waals surface area contributed by atoms with Crippen LogP contribution in [0.4, 0.5) is 0 Å². The second-order valence-electron chi connectivity index (χ2n) is 18.0. The van der Waals surface area contributed by atoms with Crippen molar-refractivity contribution >= 4 is 42.0 Å². The van der Waals surface area contributed by atoms with E-state index in [1.54, 1.807) is 0 Å². The molecule has 0 atom stereocenters. The van der Waals surface area contributed by atoms with Crippen LogP contribution in [0.1, 0.15) is 123 Å². The molecule has 0 saturated heterocycles. The van der Waals surface area contributed by atoms with Gasteiger partial charge in [0.25, 0.3) is 0 Å². The first kappa shape index (κ1) is 50.6. The summed E-state index contributed by atoms with van der Waals surface area (Å²) in [6.45, 7) is 42.4. The summed E-state index contributed by atoms with van der Waals surface area (Å²) in [4.78, 5) is 12.6. The van der Waals surface area contributed by atoms with Crippen LogP contribution in [0.25, 0.3) is 0 Å². The molecule has 0 aromatic carbocycles. The van der Waals surface area contributed by atoms with E-state index >= 15 is 0 Å². The Labute approximate surface area is 317 Å². The monoisotopic (exact) mass is 784 g/mol. The maximum atomic E-state index is 12.6. The molecular weight excluding hydrogens is 702 g/mol. The molecule has 0 bridgehead atoms. The van der Waals surface area contributed by atoms with Crippen molar-refractivity contribution in [2.75, 3.05) is 45.5 Å². The average molecular weight is 784 g/mol. The minimum atomic E-state index is -2.02. The number of unbranched alkanes of at least 4 members (excludes halogenated alkanes) is 2. The lowest BCUT2D eigenvalue weighted by molar-refractivity contribution is -0.111. The third-order valence-corrected chi connectivity index (χ3v) is 23.0. The second kappa shape index (κ2) is 22.8. The molecule has 0 aliphatic heterocycles. The Balaban J connectivity index is 4.88. The SMILES string of the molecule is CC(C)N(C(C)C)P(OCOCCSC(=O)CCCCCNC(CO)(CO[Si](C)(C)C(C)(C)C)CO[Si](C)(C)C(C)(C)C)N(C(C)C)C(C)C. The maximum Gasteiger partial charge on any atom is 0.192 e. The normalized spacial score (nSPS) is 14.2. The Bertz CT molecular complexity index is 879. The molecule has 0 spiro atoms. The standard InChI is InChI=1S/C37H82N3O6PSSi2/c1-30(2)39(31(3)4)47(40(32(5)6)33(7)8)44-29-43-24-25-48-34(42)22-20-19-21-23-38-37(26-41,27-45-49(15,16)35(9,10)11)28-46-50(17,18)36(12,13)14/h30-33,38,41H,19-29H2,1-18H3. The fourth-order valence-corrected chi connectivity index (χ4v) is 10.1. The van der Waals surface area contributed by atoms with Gasteiger partial charge in [-0.3, -0.25) is 4.79 Å². The van der Waals surface area contributed by atoms with E-state index in [1.807, 2.05) is 0 Å². The van der Waals surface area contributed by atoms with E-state index in [2.05, 4.69) is 138 Å². The zero-order valence-corrected chi connectivity index (χ0v) is 39.5. The first-order valence-electron chi connectivity index (χ1n) is 19.1. The lowest BCUT2D eigenvalue weighted by atomic mass is 10.0. The average Bonchev–Trinajstić information content (AvgIpc) is 2.95. The first-order valence-corrected chi connectivity index (χ1v) is 27.1. The Morgan fingerprint density at radius 1 is 0.760 bits per heavy atom. The van der Waals surface area contributed by atoms with Crippen molar-refractivity contribution in [2.45, 2.75) is 189 Å². The summed E-state index contributed by atoms with van der Waals surface area (Å²) in [7, 11) is -5.03. The van der Waals surface area contributed by atoms with Gasteiger partial charge in [0, 0.05) is 36.3 Å². The van der Waals surface area contributed by atoms with Crippen LogP contribution in [0.15, 0.2) is 0 Å². The van der Waals surface area contributed by atoms with Crippen LogP contribution in [-0.4, -0.2) is 111 Å². The molecule has 0 aliphatic rings. The highest BCUT2D eigenvalue weighted by molar-refractivity contribution is 8.13. The molecule has 0 saturated carbocycles.